The number of aromatic nitrogens is 4. The number of amides is 1. The number of carbonyl (C=O) groups is 1. The zero-order valence-electron chi connectivity index (χ0n) is 11.4. The second-order valence-corrected chi connectivity index (χ2v) is 5.56. The number of aryl methyl sites for hydroxylation is 2. The third-order valence-corrected chi connectivity index (χ3v) is 4.17. The van der Waals surface area contributed by atoms with Gasteiger partial charge >= 0.3 is 0 Å². The first-order valence-corrected chi connectivity index (χ1v) is 7.01. The summed E-state index contributed by atoms with van der Waals surface area (Å²) in [5.41, 5.74) is 6.73. The van der Waals surface area contributed by atoms with Crippen molar-refractivity contribution < 1.29 is 4.79 Å². The molecule has 0 spiro atoms. The molecular weight excluding hydrogens is 288 g/mol. The first-order valence-electron chi connectivity index (χ1n) is 6.20. The number of anilines is 1. The normalized spacial score (nSPS) is 10.6. The van der Waals surface area contributed by atoms with Crippen molar-refractivity contribution in [3.8, 4) is 0 Å². The van der Waals surface area contributed by atoms with Crippen LogP contribution in [-0.2, 0) is 0 Å². The van der Waals surface area contributed by atoms with Crippen molar-refractivity contribution in [2.45, 2.75) is 13.8 Å². The van der Waals surface area contributed by atoms with Gasteiger partial charge in [-0.3, -0.25) is 20.6 Å². The molecule has 106 valence electrons. The van der Waals surface area contributed by atoms with Crippen LogP contribution in [0.15, 0.2) is 24.9 Å². The summed E-state index contributed by atoms with van der Waals surface area (Å²) in [6.07, 6.45) is 5.83. The molecule has 2 N–H and O–H groups in total. The van der Waals surface area contributed by atoms with Gasteiger partial charge < -0.3 is 0 Å². The van der Waals surface area contributed by atoms with E-state index in [1.165, 1.54) is 29.8 Å². The zero-order chi connectivity index (χ0) is 14.8. The van der Waals surface area contributed by atoms with Crippen molar-refractivity contribution >= 4 is 33.3 Å². The van der Waals surface area contributed by atoms with Gasteiger partial charge in [-0.05, 0) is 19.4 Å². The molecule has 3 rings (SSSR count). The van der Waals surface area contributed by atoms with Crippen LogP contribution in [-0.4, -0.2) is 25.8 Å². The lowest BCUT2D eigenvalue weighted by molar-refractivity contribution is 0.0957. The number of rotatable bonds is 3. The standard InChI is InChI=1S/C13H12N6OS/c1-7-8(2)21-13-10(7)11(16-6-17-13)18-19-12(20)9-5-14-3-4-15-9/h3-6H,1-2H3,(H,19,20)(H,16,17,18). The van der Waals surface area contributed by atoms with E-state index in [9.17, 15) is 4.79 Å². The third kappa shape index (κ3) is 2.52. The van der Waals surface area contributed by atoms with Crippen LogP contribution in [0.3, 0.4) is 0 Å². The summed E-state index contributed by atoms with van der Waals surface area (Å²) in [6, 6.07) is 0. The lowest BCUT2D eigenvalue weighted by Gasteiger charge is -2.08. The van der Waals surface area contributed by atoms with Gasteiger partial charge in [-0.2, -0.15) is 0 Å². The molecule has 3 heterocycles. The largest absolute Gasteiger partial charge is 0.289 e. The number of carbonyl (C=O) groups excluding carboxylic acids is 1. The molecule has 7 nitrogen and oxygen atoms in total. The van der Waals surface area contributed by atoms with E-state index >= 15 is 0 Å². The van der Waals surface area contributed by atoms with Crippen LogP contribution in [0, 0.1) is 13.8 Å². The van der Waals surface area contributed by atoms with Gasteiger partial charge in [0.2, 0.25) is 0 Å². The SMILES string of the molecule is Cc1sc2ncnc(NNC(=O)c3cnccn3)c2c1C. The van der Waals surface area contributed by atoms with Crippen LogP contribution in [0.5, 0.6) is 0 Å². The zero-order valence-corrected chi connectivity index (χ0v) is 12.2. The van der Waals surface area contributed by atoms with Gasteiger partial charge in [-0.25, -0.2) is 15.0 Å². The number of hydrazine groups is 1. The van der Waals surface area contributed by atoms with Crippen molar-refractivity contribution in [2.24, 2.45) is 0 Å². The van der Waals surface area contributed by atoms with Crippen LogP contribution in [0.25, 0.3) is 10.2 Å². The van der Waals surface area contributed by atoms with E-state index < -0.39 is 0 Å². The Morgan fingerprint density at radius 2 is 2.05 bits per heavy atom. The first kappa shape index (κ1) is 13.4. The summed E-state index contributed by atoms with van der Waals surface area (Å²) in [5.74, 6) is 0.193. The Hall–Kier alpha value is -2.61. The Morgan fingerprint density at radius 1 is 1.19 bits per heavy atom. The molecule has 0 aromatic carbocycles. The number of nitrogens with zero attached hydrogens (tertiary/aromatic N) is 4. The van der Waals surface area contributed by atoms with Crippen LogP contribution in [0.1, 0.15) is 20.9 Å². The molecule has 0 saturated carbocycles. The monoisotopic (exact) mass is 300 g/mol. The van der Waals surface area contributed by atoms with Crippen LogP contribution in [0.2, 0.25) is 0 Å². The van der Waals surface area contributed by atoms with Gasteiger partial charge in [-0.15, -0.1) is 11.3 Å². The highest BCUT2D eigenvalue weighted by Crippen LogP contribution is 2.32. The highest BCUT2D eigenvalue weighted by molar-refractivity contribution is 7.18. The van der Waals surface area contributed by atoms with Gasteiger partial charge in [0.25, 0.3) is 5.91 Å². The van der Waals surface area contributed by atoms with Crippen LogP contribution < -0.4 is 10.9 Å². The Bertz CT molecular complexity index is 801. The highest BCUT2D eigenvalue weighted by atomic mass is 32.1. The predicted molar refractivity (Wildman–Crippen MR) is 80.0 cm³/mol. The first-order chi connectivity index (χ1) is 10.2. The predicted octanol–water partition coefficient (Wildman–Crippen LogP) is 1.86. The van der Waals surface area contributed by atoms with Crippen LogP contribution >= 0.6 is 11.3 Å². The van der Waals surface area contributed by atoms with Gasteiger partial charge in [0, 0.05) is 17.3 Å². The Balaban J connectivity index is 1.84. The minimum atomic E-state index is -0.375. The molecule has 3 aromatic heterocycles. The quantitative estimate of drug-likeness (QED) is 0.717. The molecule has 0 fully saturated rings. The maximum absolute atomic E-state index is 11.9. The minimum absolute atomic E-state index is 0.230. The van der Waals surface area contributed by atoms with Crippen molar-refractivity contribution in [2.75, 3.05) is 5.43 Å². The summed E-state index contributed by atoms with van der Waals surface area (Å²) in [5, 5.41) is 0.916. The van der Waals surface area contributed by atoms with E-state index in [1.807, 2.05) is 13.8 Å². The average molecular weight is 300 g/mol. The van der Waals surface area contributed by atoms with E-state index in [4.69, 9.17) is 0 Å². The molecule has 0 atom stereocenters. The van der Waals surface area contributed by atoms with Gasteiger partial charge in [0.05, 0.1) is 11.6 Å². The maximum atomic E-state index is 11.9. The van der Waals surface area contributed by atoms with Crippen LogP contribution in [0.4, 0.5) is 5.82 Å². The molecule has 0 aliphatic heterocycles. The van der Waals surface area contributed by atoms with Gasteiger partial charge in [-0.1, -0.05) is 0 Å². The van der Waals surface area contributed by atoms with Crippen molar-refractivity contribution in [3.63, 3.8) is 0 Å². The number of thiophene rings is 1. The lowest BCUT2D eigenvalue weighted by Crippen LogP contribution is -2.30. The fraction of sp³-hybridized carbons (Fsp3) is 0.154. The number of nitrogens with one attached hydrogen (secondary N) is 2. The summed E-state index contributed by atoms with van der Waals surface area (Å²) in [6.45, 7) is 4.04. The third-order valence-electron chi connectivity index (χ3n) is 3.06. The second-order valence-electron chi connectivity index (χ2n) is 4.36. The number of hydrogen-bond acceptors (Lipinski definition) is 7. The second kappa shape index (κ2) is 5.41. The van der Waals surface area contributed by atoms with E-state index in [1.54, 1.807) is 11.3 Å². The molecule has 0 radical (unpaired) electrons. The molecular formula is C13H12N6OS. The smallest absolute Gasteiger partial charge is 0.281 e. The highest BCUT2D eigenvalue weighted by Gasteiger charge is 2.13. The van der Waals surface area contributed by atoms with Gasteiger partial charge in [0.15, 0.2) is 5.82 Å². The Labute approximate surface area is 124 Å². The van der Waals surface area contributed by atoms with E-state index in [0.717, 1.165) is 15.8 Å². The van der Waals surface area contributed by atoms with Crippen molar-refractivity contribution in [1.82, 2.24) is 25.4 Å². The van der Waals surface area contributed by atoms with Crippen molar-refractivity contribution in [1.29, 1.82) is 0 Å². The molecule has 0 bridgehead atoms. The summed E-state index contributed by atoms with van der Waals surface area (Å²) >= 11 is 1.60. The van der Waals surface area contributed by atoms with Crippen molar-refractivity contribution in [3.05, 3.63) is 41.1 Å². The molecule has 0 aliphatic rings. The molecule has 21 heavy (non-hydrogen) atoms. The molecule has 0 unspecified atom stereocenters. The van der Waals surface area contributed by atoms with E-state index in [-0.39, 0.29) is 11.6 Å². The number of fused-ring (bicyclic) bond motifs is 1. The minimum Gasteiger partial charge on any atom is -0.281 e. The molecule has 1 amide bonds. The molecule has 0 saturated heterocycles. The lowest BCUT2D eigenvalue weighted by atomic mass is 10.2. The maximum Gasteiger partial charge on any atom is 0.289 e. The fourth-order valence-corrected chi connectivity index (χ4v) is 2.87. The molecule has 3 aromatic rings. The molecule has 8 heteroatoms. The average Bonchev–Trinajstić information content (AvgIpc) is 2.81. The number of hydrogen-bond donors (Lipinski definition) is 2. The topological polar surface area (TPSA) is 92.7 Å². The Kier molecular flexibility index (Phi) is 3.44. The fourth-order valence-electron chi connectivity index (χ4n) is 1.87. The van der Waals surface area contributed by atoms with Gasteiger partial charge in [0.1, 0.15) is 16.9 Å². The Morgan fingerprint density at radius 3 is 2.81 bits per heavy atom. The summed E-state index contributed by atoms with van der Waals surface area (Å²) in [4.78, 5) is 30.2. The summed E-state index contributed by atoms with van der Waals surface area (Å²) in [7, 11) is 0. The summed E-state index contributed by atoms with van der Waals surface area (Å²) < 4.78 is 0. The van der Waals surface area contributed by atoms with E-state index in [0.29, 0.717) is 5.82 Å². The molecule has 0 aliphatic carbocycles. The van der Waals surface area contributed by atoms with E-state index in [2.05, 4.69) is 30.8 Å².